The molecule has 0 spiro atoms. The summed E-state index contributed by atoms with van der Waals surface area (Å²) < 4.78 is 10.2. The largest absolute Gasteiger partial charge is 0.427 e. The van der Waals surface area contributed by atoms with Gasteiger partial charge < -0.3 is 9.47 Å². The Morgan fingerprint density at radius 3 is 2.25 bits per heavy atom. The van der Waals surface area contributed by atoms with E-state index in [1.54, 1.807) is 0 Å². The Morgan fingerprint density at radius 2 is 1.58 bits per heavy atom. The number of benzene rings is 2. The fraction of sp³-hybridized carbons (Fsp3) is 0.300. The van der Waals surface area contributed by atoms with Crippen LogP contribution in [0.4, 0.5) is 0 Å². The molecule has 1 atom stereocenters. The minimum Gasteiger partial charge on any atom is -0.427 e. The summed E-state index contributed by atoms with van der Waals surface area (Å²) in [5.41, 5.74) is 3.80. The molecule has 4 nitrogen and oxygen atoms in total. The van der Waals surface area contributed by atoms with Crippen molar-refractivity contribution in [2.75, 3.05) is 0 Å². The number of fused-ring (bicyclic) bond motifs is 1. The van der Waals surface area contributed by atoms with Crippen LogP contribution in [0.2, 0.25) is 0 Å². The Bertz CT molecular complexity index is 762. The molecule has 1 unspecified atom stereocenters. The SMILES string of the molecule is CC(=O)Oc1ccc(CC2CCc3cc(OC(C)=O)ccc32)cc1. The van der Waals surface area contributed by atoms with Crippen LogP contribution in [0.25, 0.3) is 0 Å². The minimum absolute atomic E-state index is 0.294. The van der Waals surface area contributed by atoms with E-state index in [0.717, 1.165) is 19.3 Å². The molecule has 0 amide bonds. The molecule has 1 aliphatic carbocycles. The first kappa shape index (κ1) is 16.2. The van der Waals surface area contributed by atoms with Crippen LogP contribution in [0.1, 0.15) is 42.9 Å². The summed E-state index contributed by atoms with van der Waals surface area (Å²) in [6.45, 7) is 2.81. The van der Waals surface area contributed by atoms with Crippen LogP contribution in [0.5, 0.6) is 11.5 Å². The maximum absolute atomic E-state index is 11.1. The average molecular weight is 324 g/mol. The Kier molecular flexibility index (Phi) is 4.65. The third kappa shape index (κ3) is 3.82. The zero-order valence-corrected chi connectivity index (χ0v) is 13.9. The topological polar surface area (TPSA) is 52.6 Å². The molecule has 1 aliphatic rings. The van der Waals surface area contributed by atoms with Crippen molar-refractivity contribution in [2.45, 2.75) is 39.0 Å². The normalized spacial score (nSPS) is 15.7. The van der Waals surface area contributed by atoms with Gasteiger partial charge in [0.2, 0.25) is 0 Å². The lowest BCUT2D eigenvalue weighted by molar-refractivity contribution is -0.132. The molecule has 0 aliphatic heterocycles. The first-order valence-electron chi connectivity index (χ1n) is 8.10. The van der Waals surface area contributed by atoms with E-state index in [-0.39, 0.29) is 11.9 Å². The summed E-state index contributed by atoms with van der Waals surface area (Å²) in [6.07, 6.45) is 3.03. The smallest absolute Gasteiger partial charge is 0.308 e. The van der Waals surface area contributed by atoms with Gasteiger partial charge in [-0.2, -0.15) is 0 Å². The molecule has 124 valence electrons. The van der Waals surface area contributed by atoms with Crippen LogP contribution in [0.15, 0.2) is 42.5 Å². The first-order valence-corrected chi connectivity index (χ1v) is 8.10. The van der Waals surface area contributed by atoms with Gasteiger partial charge in [-0.15, -0.1) is 0 Å². The molecule has 2 aromatic rings. The summed E-state index contributed by atoms with van der Waals surface area (Å²) >= 11 is 0. The molecule has 0 saturated heterocycles. The van der Waals surface area contributed by atoms with Gasteiger partial charge >= 0.3 is 11.9 Å². The van der Waals surface area contributed by atoms with Crippen LogP contribution >= 0.6 is 0 Å². The van der Waals surface area contributed by atoms with Gasteiger partial charge in [0, 0.05) is 13.8 Å². The number of hydrogen-bond donors (Lipinski definition) is 0. The second-order valence-corrected chi connectivity index (χ2v) is 6.13. The van der Waals surface area contributed by atoms with Crippen molar-refractivity contribution in [1.82, 2.24) is 0 Å². The van der Waals surface area contributed by atoms with E-state index < -0.39 is 0 Å². The van der Waals surface area contributed by atoms with E-state index in [2.05, 4.69) is 6.07 Å². The summed E-state index contributed by atoms with van der Waals surface area (Å²) in [7, 11) is 0. The second-order valence-electron chi connectivity index (χ2n) is 6.13. The van der Waals surface area contributed by atoms with Crippen molar-refractivity contribution in [3.63, 3.8) is 0 Å². The summed E-state index contributed by atoms with van der Waals surface area (Å²) in [5.74, 6) is 1.05. The molecule has 2 aromatic carbocycles. The Balaban J connectivity index is 1.70. The molecule has 0 saturated carbocycles. The fourth-order valence-corrected chi connectivity index (χ4v) is 3.27. The van der Waals surface area contributed by atoms with Crippen molar-refractivity contribution in [2.24, 2.45) is 0 Å². The summed E-state index contributed by atoms with van der Waals surface area (Å²) in [5, 5.41) is 0. The molecular formula is C20H20O4. The van der Waals surface area contributed by atoms with E-state index in [4.69, 9.17) is 9.47 Å². The predicted octanol–water partition coefficient (Wildman–Crippen LogP) is 3.81. The van der Waals surface area contributed by atoms with E-state index in [9.17, 15) is 9.59 Å². The van der Waals surface area contributed by atoms with Crippen LogP contribution in [0.3, 0.4) is 0 Å². The molecule has 0 heterocycles. The average Bonchev–Trinajstić information content (AvgIpc) is 2.90. The lowest BCUT2D eigenvalue weighted by Gasteiger charge is -2.13. The predicted molar refractivity (Wildman–Crippen MR) is 90.3 cm³/mol. The zero-order valence-electron chi connectivity index (χ0n) is 13.9. The molecule has 3 rings (SSSR count). The first-order chi connectivity index (χ1) is 11.5. The van der Waals surface area contributed by atoms with E-state index in [1.165, 1.54) is 30.5 Å². The maximum atomic E-state index is 11.1. The number of hydrogen-bond acceptors (Lipinski definition) is 4. The molecule has 0 bridgehead atoms. The number of carbonyl (C=O) groups is 2. The van der Waals surface area contributed by atoms with Crippen molar-refractivity contribution in [3.8, 4) is 11.5 Å². The fourth-order valence-electron chi connectivity index (χ4n) is 3.27. The van der Waals surface area contributed by atoms with Gasteiger partial charge in [-0.3, -0.25) is 9.59 Å². The van der Waals surface area contributed by atoms with Crippen molar-refractivity contribution in [3.05, 3.63) is 59.2 Å². The highest BCUT2D eigenvalue weighted by Crippen LogP contribution is 2.37. The molecule has 0 radical (unpaired) electrons. The highest BCUT2D eigenvalue weighted by molar-refractivity contribution is 5.69. The Hall–Kier alpha value is -2.62. The lowest BCUT2D eigenvalue weighted by Crippen LogP contribution is -2.03. The van der Waals surface area contributed by atoms with E-state index in [1.807, 2.05) is 36.4 Å². The van der Waals surface area contributed by atoms with Gasteiger partial charge in [-0.05, 0) is 66.1 Å². The summed E-state index contributed by atoms with van der Waals surface area (Å²) in [6, 6.07) is 13.6. The molecule has 0 fully saturated rings. The molecule has 0 aromatic heterocycles. The number of aryl methyl sites for hydroxylation is 1. The Labute approximate surface area is 141 Å². The highest BCUT2D eigenvalue weighted by Gasteiger charge is 2.23. The van der Waals surface area contributed by atoms with Crippen molar-refractivity contribution < 1.29 is 19.1 Å². The maximum Gasteiger partial charge on any atom is 0.308 e. The van der Waals surface area contributed by atoms with Gasteiger partial charge in [-0.1, -0.05) is 18.2 Å². The number of esters is 2. The van der Waals surface area contributed by atoms with Gasteiger partial charge in [0.05, 0.1) is 0 Å². The standard InChI is InChI=1S/C20H20O4/c1-13(21)23-18-7-3-15(4-8-18)11-16-5-6-17-12-19(24-14(2)22)9-10-20(16)17/h3-4,7-10,12,16H,5-6,11H2,1-2H3. The van der Waals surface area contributed by atoms with Crippen LogP contribution in [0, 0.1) is 0 Å². The van der Waals surface area contributed by atoms with Gasteiger partial charge in [0.25, 0.3) is 0 Å². The minimum atomic E-state index is -0.309. The number of ether oxygens (including phenoxy) is 2. The third-order valence-electron chi connectivity index (χ3n) is 4.25. The zero-order chi connectivity index (χ0) is 17.1. The summed E-state index contributed by atoms with van der Waals surface area (Å²) in [4.78, 5) is 22.0. The van der Waals surface area contributed by atoms with Crippen molar-refractivity contribution in [1.29, 1.82) is 0 Å². The van der Waals surface area contributed by atoms with Crippen LogP contribution in [-0.2, 0) is 22.4 Å². The quantitative estimate of drug-likeness (QED) is 0.634. The lowest BCUT2D eigenvalue weighted by atomic mass is 9.93. The monoisotopic (exact) mass is 324 g/mol. The van der Waals surface area contributed by atoms with Crippen LogP contribution in [-0.4, -0.2) is 11.9 Å². The van der Waals surface area contributed by atoms with E-state index in [0.29, 0.717) is 17.4 Å². The number of rotatable bonds is 4. The molecule has 0 N–H and O–H groups in total. The highest BCUT2D eigenvalue weighted by atomic mass is 16.5. The third-order valence-corrected chi connectivity index (χ3v) is 4.25. The number of carbonyl (C=O) groups excluding carboxylic acids is 2. The van der Waals surface area contributed by atoms with E-state index >= 15 is 0 Å². The van der Waals surface area contributed by atoms with Crippen molar-refractivity contribution >= 4 is 11.9 Å². The van der Waals surface area contributed by atoms with Crippen LogP contribution < -0.4 is 9.47 Å². The molecular weight excluding hydrogens is 304 g/mol. The molecule has 24 heavy (non-hydrogen) atoms. The Morgan fingerprint density at radius 1 is 0.958 bits per heavy atom. The second kappa shape index (κ2) is 6.87. The molecule has 4 heteroatoms. The van der Waals surface area contributed by atoms with Gasteiger partial charge in [0.15, 0.2) is 0 Å². The van der Waals surface area contributed by atoms with Gasteiger partial charge in [-0.25, -0.2) is 0 Å². The van der Waals surface area contributed by atoms with Gasteiger partial charge in [0.1, 0.15) is 11.5 Å².